The summed E-state index contributed by atoms with van der Waals surface area (Å²) < 4.78 is 5.63. The van der Waals surface area contributed by atoms with Crippen molar-refractivity contribution in [3.63, 3.8) is 0 Å². The van der Waals surface area contributed by atoms with Gasteiger partial charge in [0.25, 0.3) is 0 Å². The number of carbonyl (C=O) groups is 1. The molecule has 2 aromatic carbocycles. The minimum absolute atomic E-state index is 0.516. The lowest BCUT2D eigenvalue weighted by atomic mass is 10.1. The molecule has 17 heavy (non-hydrogen) atoms. The summed E-state index contributed by atoms with van der Waals surface area (Å²) in [7, 11) is 0. The Morgan fingerprint density at radius 2 is 1.65 bits per heavy atom. The zero-order valence-corrected chi connectivity index (χ0v) is 9.72. The van der Waals surface area contributed by atoms with Gasteiger partial charge in [-0.2, -0.15) is 0 Å². The predicted molar refractivity (Wildman–Crippen MR) is 67.3 cm³/mol. The second-order valence-corrected chi connectivity index (χ2v) is 3.96. The van der Waals surface area contributed by atoms with E-state index >= 15 is 0 Å². The molecule has 0 N–H and O–H groups in total. The molecular formula is C15H14O2. The number of carbonyl (C=O) groups excluding carboxylic acids is 1. The van der Waals surface area contributed by atoms with Gasteiger partial charge in [-0.15, -0.1) is 0 Å². The monoisotopic (exact) mass is 226 g/mol. The first-order valence-electron chi connectivity index (χ1n) is 5.51. The van der Waals surface area contributed by atoms with Crippen molar-refractivity contribution in [1.82, 2.24) is 0 Å². The van der Waals surface area contributed by atoms with Gasteiger partial charge in [0.15, 0.2) is 0 Å². The number of rotatable bonds is 4. The molecule has 2 aromatic rings. The smallest absolute Gasteiger partial charge is 0.150 e. The van der Waals surface area contributed by atoms with E-state index < -0.39 is 0 Å². The largest absolute Gasteiger partial charge is 0.489 e. The normalized spacial score (nSPS) is 9.94. The highest BCUT2D eigenvalue weighted by Crippen LogP contribution is 2.13. The van der Waals surface area contributed by atoms with Crippen molar-refractivity contribution in [3.05, 3.63) is 65.2 Å². The lowest BCUT2D eigenvalue weighted by molar-refractivity contribution is 0.112. The van der Waals surface area contributed by atoms with E-state index in [1.807, 2.05) is 43.3 Å². The van der Waals surface area contributed by atoms with Crippen LogP contribution < -0.4 is 4.74 Å². The maximum atomic E-state index is 10.5. The van der Waals surface area contributed by atoms with E-state index in [0.717, 1.165) is 17.6 Å². The summed E-state index contributed by atoms with van der Waals surface area (Å²) in [6.45, 7) is 2.56. The number of benzene rings is 2. The van der Waals surface area contributed by atoms with Gasteiger partial charge in [0.05, 0.1) is 0 Å². The van der Waals surface area contributed by atoms with Crippen LogP contribution in [0, 0.1) is 6.92 Å². The Kier molecular flexibility index (Phi) is 3.55. The Morgan fingerprint density at radius 1 is 1.00 bits per heavy atom. The lowest BCUT2D eigenvalue weighted by Gasteiger charge is -2.06. The zero-order valence-electron chi connectivity index (χ0n) is 9.72. The molecule has 0 aliphatic carbocycles. The van der Waals surface area contributed by atoms with Crippen LogP contribution in [0.5, 0.6) is 5.75 Å². The van der Waals surface area contributed by atoms with Crippen LogP contribution in [0.2, 0.25) is 0 Å². The standard InChI is InChI=1S/C15H14O2/c1-12-2-8-15(9-3-12)17-11-14-6-4-13(10-16)5-7-14/h2-10H,11H2,1H3. The van der Waals surface area contributed by atoms with Crippen LogP contribution in [0.4, 0.5) is 0 Å². The fourth-order valence-electron chi connectivity index (χ4n) is 1.49. The van der Waals surface area contributed by atoms with Crippen LogP contribution in [0.25, 0.3) is 0 Å². The SMILES string of the molecule is Cc1ccc(OCc2ccc(C=O)cc2)cc1. The van der Waals surface area contributed by atoms with Gasteiger partial charge in [-0.05, 0) is 24.6 Å². The number of aldehydes is 1. The van der Waals surface area contributed by atoms with Crippen molar-refractivity contribution >= 4 is 6.29 Å². The van der Waals surface area contributed by atoms with Gasteiger partial charge in [0, 0.05) is 5.56 Å². The van der Waals surface area contributed by atoms with Crippen LogP contribution in [-0.2, 0) is 6.61 Å². The number of ether oxygens (including phenoxy) is 1. The summed E-state index contributed by atoms with van der Waals surface area (Å²) in [5.74, 6) is 0.857. The second-order valence-electron chi connectivity index (χ2n) is 3.96. The molecule has 0 saturated carbocycles. The van der Waals surface area contributed by atoms with Gasteiger partial charge in [-0.3, -0.25) is 4.79 Å². The average Bonchev–Trinajstić information content (AvgIpc) is 2.39. The highest BCUT2D eigenvalue weighted by atomic mass is 16.5. The maximum absolute atomic E-state index is 10.5. The van der Waals surface area contributed by atoms with E-state index in [1.54, 1.807) is 12.1 Å². The second kappa shape index (κ2) is 5.30. The first-order chi connectivity index (χ1) is 8.28. The Hall–Kier alpha value is -2.09. The summed E-state index contributed by atoms with van der Waals surface area (Å²) in [4.78, 5) is 10.5. The van der Waals surface area contributed by atoms with E-state index in [0.29, 0.717) is 12.2 Å². The lowest BCUT2D eigenvalue weighted by Crippen LogP contribution is -1.95. The Balaban J connectivity index is 1.97. The molecule has 0 spiro atoms. The molecule has 2 rings (SSSR count). The van der Waals surface area contributed by atoms with Crippen LogP contribution in [-0.4, -0.2) is 6.29 Å². The predicted octanol–water partition coefficient (Wildman–Crippen LogP) is 3.39. The van der Waals surface area contributed by atoms with Gasteiger partial charge in [-0.25, -0.2) is 0 Å². The van der Waals surface area contributed by atoms with Crippen molar-refractivity contribution in [2.24, 2.45) is 0 Å². The summed E-state index contributed by atoms with van der Waals surface area (Å²) in [5.41, 5.74) is 2.95. The Morgan fingerprint density at radius 3 is 2.24 bits per heavy atom. The van der Waals surface area contributed by atoms with E-state index in [9.17, 15) is 4.79 Å². The highest BCUT2D eigenvalue weighted by molar-refractivity contribution is 5.74. The number of hydrogen-bond donors (Lipinski definition) is 0. The molecule has 2 nitrogen and oxygen atoms in total. The van der Waals surface area contributed by atoms with E-state index in [2.05, 4.69) is 0 Å². The Labute approximate surface area is 101 Å². The molecule has 0 bridgehead atoms. The number of aryl methyl sites for hydroxylation is 1. The molecule has 0 unspecified atom stereocenters. The topological polar surface area (TPSA) is 26.3 Å². The maximum Gasteiger partial charge on any atom is 0.150 e. The van der Waals surface area contributed by atoms with Crippen LogP contribution >= 0.6 is 0 Å². The van der Waals surface area contributed by atoms with Crippen LogP contribution in [0.15, 0.2) is 48.5 Å². The molecule has 86 valence electrons. The molecule has 0 radical (unpaired) electrons. The zero-order chi connectivity index (χ0) is 12.1. The highest BCUT2D eigenvalue weighted by Gasteiger charge is 1.96. The van der Waals surface area contributed by atoms with Crippen molar-refractivity contribution in [3.8, 4) is 5.75 Å². The fraction of sp³-hybridized carbons (Fsp3) is 0.133. The molecule has 0 aromatic heterocycles. The van der Waals surface area contributed by atoms with Crippen molar-refractivity contribution in [1.29, 1.82) is 0 Å². The average molecular weight is 226 g/mol. The van der Waals surface area contributed by atoms with Crippen LogP contribution in [0.3, 0.4) is 0 Å². The van der Waals surface area contributed by atoms with Crippen molar-refractivity contribution in [2.75, 3.05) is 0 Å². The summed E-state index contributed by atoms with van der Waals surface area (Å²) >= 11 is 0. The van der Waals surface area contributed by atoms with Crippen molar-refractivity contribution < 1.29 is 9.53 Å². The molecule has 0 saturated heterocycles. The molecule has 2 heteroatoms. The minimum Gasteiger partial charge on any atom is -0.489 e. The third-order valence-electron chi connectivity index (χ3n) is 2.54. The summed E-state index contributed by atoms with van der Waals surface area (Å²) in [6, 6.07) is 15.3. The van der Waals surface area contributed by atoms with Gasteiger partial charge < -0.3 is 4.74 Å². The molecule has 0 atom stereocenters. The third kappa shape index (κ3) is 3.18. The van der Waals surface area contributed by atoms with E-state index in [1.165, 1.54) is 5.56 Å². The van der Waals surface area contributed by atoms with Gasteiger partial charge in [0.1, 0.15) is 18.6 Å². The minimum atomic E-state index is 0.516. The van der Waals surface area contributed by atoms with Gasteiger partial charge >= 0.3 is 0 Å². The summed E-state index contributed by atoms with van der Waals surface area (Å²) in [6.07, 6.45) is 0.838. The molecule has 0 aliphatic rings. The first-order valence-corrected chi connectivity index (χ1v) is 5.51. The number of hydrogen-bond acceptors (Lipinski definition) is 2. The molecular weight excluding hydrogens is 212 g/mol. The van der Waals surface area contributed by atoms with Gasteiger partial charge in [0.2, 0.25) is 0 Å². The van der Waals surface area contributed by atoms with Gasteiger partial charge in [-0.1, -0.05) is 42.0 Å². The third-order valence-corrected chi connectivity index (χ3v) is 2.54. The summed E-state index contributed by atoms with van der Waals surface area (Å²) in [5, 5.41) is 0. The molecule has 0 amide bonds. The Bertz CT molecular complexity index is 483. The van der Waals surface area contributed by atoms with E-state index in [-0.39, 0.29) is 0 Å². The molecule has 0 aliphatic heterocycles. The fourth-order valence-corrected chi connectivity index (χ4v) is 1.49. The van der Waals surface area contributed by atoms with Crippen LogP contribution in [0.1, 0.15) is 21.5 Å². The first kappa shape index (κ1) is 11.4. The van der Waals surface area contributed by atoms with Crippen molar-refractivity contribution in [2.45, 2.75) is 13.5 Å². The molecule has 0 heterocycles. The van der Waals surface area contributed by atoms with E-state index in [4.69, 9.17) is 4.74 Å². The quantitative estimate of drug-likeness (QED) is 0.747. The molecule has 0 fully saturated rings.